The summed E-state index contributed by atoms with van der Waals surface area (Å²) in [6, 6.07) is 12.9. The minimum Gasteiger partial charge on any atom is -0.0846 e. The molecule has 69 heavy (non-hydrogen) atoms. The van der Waals surface area contributed by atoms with E-state index in [1.165, 1.54) is 69.4 Å². The summed E-state index contributed by atoms with van der Waals surface area (Å²) in [5.74, 6) is 2.44. The fourth-order valence-electron chi connectivity index (χ4n) is 12.5. The van der Waals surface area contributed by atoms with Crippen molar-refractivity contribution in [2.75, 3.05) is 0 Å². The highest BCUT2D eigenvalue weighted by molar-refractivity contribution is 5.84. The van der Waals surface area contributed by atoms with Crippen LogP contribution in [0.25, 0.3) is 11.1 Å². The lowest BCUT2D eigenvalue weighted by atomic mass is 9.64. The third-order valence-corrected chi connectivity index (χ3v) is 17.4. The van der Waals surface area contributed by atoms with E-state index >= 15 is 0 Å². The fourth-order valence-corrected chi connectivity index (χ4v) is 12.5. The van der Waals surface area contributed by atoms with Gasteiger partial charge in [0.15, 0.2) is 0 Å². The van der Waals surface area contributed by atoms with Crippen LogP contribution in [0.15, 0.2) is 148 Å². The molecule has 0 amide bonds. The molecule has 6 atom stereocenters. The highest BCUT2D eigenvalue weighted by atomic mass is 14.5. The summed E-state index contributed by atoms with van der Waals surface area (Å²) in [6.07, 6.45) is 40.5. The highest BCUT2D eigenvalue weighted by Gasteiger charge is 2.45. The van der Waals surface area contributed by atoms with Crippen molar-refractivity contribution in [3.8, 4) is 11.1 Å². The Bertz CT molecular complexity index is 2630. The molecule has 0 radical (unpaired) electrons. The third-order valence-electron chi connectivity index (χ3n) is 17.4. The quantitative estimate of drug-likeness (QED) is 0.220. The van der Waals surface area contributed by atoms with Gasteiger partial charge in [-0.2, -0.15) is 0 Å². The minimum absolute atomic E-state index is 0.0324. The first-order valence-electron chi connectivity index (χ1n) is 27.3. The molecule has 0 aliphatic heterocycles. The summed E-state index contributed by atoms with van der Waals surface area (Å²) in [7, 11) is 0. The van der Waals surface area contributed by atoms with Crippen LogP contribution in [0, 0.1) is 45.3 Å². The Hall–Kier alpha value is -4.16. The molecule has 8 rings (SSSR count). The van der Waals surface area contributed by atoms with Crippen molar-refractivity contribution in [3.05, 3.63) is 176 Å². The van der Waals surface area contributed by atoms with Crippen LogP contribution in [0.3, 0.4) is 0 Å². The smallest absolute Gasteiger partial charge is 0.0176 e. The van der Waals surface area contributed by atoms with E-state index in [9.17, 15) is 0 Å². The SMILES string of the molecule is CC1=C(C(C2C=CC(C(C)(C)CCC3=CC(C(C)(C)C)=C/C3=C\C3C=CC(C(C)(C)C)=CC3)CC2)C2c3cc(C(C)(C)C)ccc3-c3c(C4C=CC=CC4)cc(C(C)(C)C)cc32)C=C(C(C)(C)C)C1. The standard InChI is InChI=1S/C69H92/c1-44-36-53(66(8,9)10)41-57(44)61(63-59-40-52(65(5,6)7)32-33-56(59)62-58(46-22-20-19-21-23-46)42-55(43-60(62)63)68(14,15)16)47-26-30-51(31-27-47)69(17,18)35-34-48-38-54(67(11,12)13)39-49(48)37-45-24-28-50(29-25-45)64(2,3)4/h19-22,24,26,28-30,32-33,37-43,45-47,51,61,63H,23,25,27,31,34-36H2,1-18H3/b49-37+. The van der Waals surface area contributed by atoms with Crippen LogP contribution in [0.4, 0.5) is 0 Å². The maximum Gasteiger partial charge on any atom is 0.0176 e. The monoisotopic (exact) mass is 921 g/mol. The van der Waals surface area contributed by atoms with Gasteiger partial charge in [0.2, 0.25) is 0 Å². The van der Waals surface area contributed by atoms with Crippen molar-refractivity contribution in [1.29, 1.82) is 0 Å². The minimum atomic E-state index is 0.0324. The van der Waals surface area contributed by atoms with Gasteiger partial charge in [0, 0.05) is 17.8 Å². The molecule has 0 heterocycles. The van der Waals surface area contributed by atoms with Crippen LogP contribution in [-0.2, 0) is 10.8 Å². The fraction of sp³-hybridized carbons (Fsp3) is 0.536. The molecule has 6 aliphatic carbocycles. The first-order chi connectivity index (χ1) is 32.0. The van der Waals surface area contributed by atoms with Crippen LogP contribution < -0.4 is 0 Å². The van der Waals surface area contributed by atoms with Crippen LogP contribution in [-0.4, -0.2) is 0 Å². The van der Waals surface area contributed by atoms with E-state index in [-0.39, 0.29) is 38.4 Å². The van der Waals surface area contributed by atoms with Gasteiger partial charge in [0.1, 0.15) is 0 Å². The van der Waals surface area contributed by atoms with Crippen molar-refractivity contribution in [1.82, 2.24) is 0 Å². The van der Waals surface area contributed by atoms with Crippen molar-refractivity contribution in [2.24, 2.45) is 45.3 Å². The number of allylic oxidation sites excluding steroid dienone is 20. The van der Waals surface area contributed by atoms with Gasteiger partial charge < -0.3 is 0 Å². The topological polar surface area (TPSA) is 0 Å². The Morgan fingerprint density at radius 2 is 1.30 bits per heavy atom. The van der Waals surface area contributed by atoms with E-state index in [0.29, 0.717) is 29.6 Å². The molecule has 0 fully saturated rings. The van der Waals surface area contributed by atoms with Crippen LogP contribution >= 0.6 is 0 Å². The summed E-state index contributed by atoms with van der Waals surface area (Å²) in [5, 5.41) is 0. The van der Waals surface area contributed by atoms with Crippen molar-refractivity contribution in [3.63, 3.8) is 0 Å². The van der Waals surface area contributed by atoms with E-state index < -0.39 is 0 Å². The summed E-state index contributed by atoms with van der Waals surface area (Å²) >= 11 is 0. The molecule has 2 aromatic carbocycles. The lowest BCUT2D eigenvalue weighted by Crippen LogP contribution is -2.30. The van der Waals surface area contributed by atoms with Crippen LogP contribution in [0.2, 0.25) is 0 Å². The first kappa shape index (κ1) is 51.2. The number of hydrogen-bond acceptors (Lipinski definition) is 0. The highest BCUT2D eigenvalue weighted by Crippen LogP contribution is 2.59. The van der Waals surface area contributed by atoms with Gasteiger partial charge in [0.25, 0.3) is 0 Å². The molecule has 6 unspecified atom stereocenters. The summed E-state index contributed by atoms with van der Waals surface area (Å²) in [4.78, 5) is 0. The molecule has 0 saturated heterocycles. The normalized spacial score (nSPS) is 25.2. The van der Waals surface area contributed by atoms with Crippen molar-refractivity contribution >= 4 is 0 Å². The molecule has 2 aromatic rings. The zero-order chi connectivity index (χ0) is 50.2. The molecular weight excluding hydrogens is 829 g/mol. The molecular formula is C69H92. The molecule has 0 N–H and O–H groups in total. The van der Waals surface area contributed by atoms with E-state index in [4.69, 9.17) is 0 Å². The average molecular weight is 921 g/mol. The summed E-state index contributed by atoms with van der Waals surface area (Å²) in [5.41, 5.74) is 22.0. The summed E-state index contributed by atoms with van der Waals surface area (Å²) in [6.45, 7) is 43.4. The second-order valence-electron chi connectivity index (χ2n) is 28.4. The van der Waals surface area contributed by atoms with E-state index in [0.717, 1.165) is 25.7 Å². The van der Waals surface area contributed by atoms with Crippen LogP contribution in [0.1, 0.15) is 209 Å². The predicted octanol–water partition coefficient (Wildman–Crippen LogP) is 20.1. The molecule has 0 spiro atoms. The summed E-state index contributed by atoms with van der Waals surface area (Å²) < 4.78 is 0. The number of benzene rings is 2. The number of hydrogen-bond donors (Lipinski definition) is 0. The Balaban J connectivity index is 1.16. The molecule has 0 bridgehead atoms. The molecule has 368 valence electrons. The van der Waals surface area contributed by atoms with Crippen LogP contribution in [0.5, 0.6) is 0 Å². The lowest BCUT2D eigenvalue weighted by molar-refractivity contribution is 0.200. The van der Waals surface area contributed by atoms with Gasteiger partial charge in [-0.3, -0.25) is 0 Å². The van der Waals surface area contributed by atoms with Gasteiger partial charge in [-0.25, -0.2) is 0 Å². The van der Waals surface area contributed by atoms with Gasteiger partial charge in [-0.15, -0.1) is 0 Å². The Kier molecular flexibility index (Phi) is 13.7. The molecule has 0 nitrogen and oxygen atoms in total. The van der Waals surface area contributed by atoms with Crippen molar-refractivity contribution < 1.29 is 0 Å². The Morgan fingerprint density at radius 1 is 0.623 bits per heavy atom. The van der Waals surface area contributed by atoms with Crippen molar-refractivity contribution in [2.45, 2.75) is 192 Å². The lowest BCUT2D eigenvalue weighted by Gasteiger charge is -2.40. The maximum atomic E-state index is 2.74. The molecule has 0 aromatic heterocycles. The Labute approximate surface area is 422 Å². The second kappa shape index (κ2) is 18.5. The van der Waals surface area contributed by atoms with E-state index in [1.807, 2.05) is 0 Å². The van der Waals surface area contributed by atoms with E-state index in [2.05, 4.69) is 234 Å². The first-order valence-corrected chi connectivity index (χ1v) is 27.3. The Morgan fingerprint density at radius 3 is 1.87 bits per heavy atom. The second-order valence-corrected chi connectivity index (χ2v) is 28.4. The zero-order valence-corrected chi connectivity index (χ0v) is 46.8. The van der Waals surface area contributed by atoms with Gasteiger partial charge in [-0.1, -0.05) is 238 Å². The third kappa shape index (κ3) is 10.7. The largest absolute Gasteiger partial charge is 0.0846 e. The average Bonchev–Trinajstić information content (AvgIpc) is 3.96. The van der Waals surface area contributed by atoms with Gasteiger partial charge >= 0.3 is 0 Å². The zero-order valence-electron chi connectivity index (χ0n) is 46.8. The maximum absolute atomic E-state index is 2.74. The molecule has 0 saturated carbocycles. The number of rotatable bonds is 9. The van der Waals surface area contributed by atoms with E-state index in [1.54, 1.807) is 27.8 Å². The van der Waals surface area contributed by atoms with Gasteiger partial charge in [0.05, 0.1) is 0 Å². The van der Waals surface area contributed by atoms with Gasteiger partial charge in [-0.05, 0) is 169 Å². The number of fused-ring (bicyclic) bond motifs is 3. The molecule has 6 aliphatic rings. The predicted molar refractivity (Wildman–Crippen MR) is 302 cm³/mol. The molecule has 0 heteroatoms.